The zero-order valence-corrected chi connectivity index (χ0v) is 9.92. The Labute approximate surface area is 87.6 Å². The topological polar surface area (TPSA) is 46.3 Å². The molecule has 1 heterocycles. The van der Waals surface area contributed by atoms with E-state index in [0.717, 1.165) is 19.4 Å². The minimum Gasteiger partial charge on any atom is -0.368 e. The number of rotatable bonds is 2. The summed E-state index contributed by atoms with van der Waals surface area (Å²) in [6, 6.07) is 0.418. The van der Waals surface area contributed by atoms with Gasteiger partial charge in [0, 0.05) is 6.04 Å². The molecule has 1 fully saturated rings. The highest BCUT2D eigenvalue weighted by Gasteiger charge is 2.28. The van der Waals surface area contributed by atoms with Crippen LogP contribution in [-0.4, -0.2) is 29.4 Å². The number of hydrogen-bond donors (Lipinski definition) is 1. The monoisotopic (exact) mass is 200 g/mol. The van der Waals surface area contributed by atoms with Gasteiger partial charge >= 0.3 is 0 Å². The molecule has 1 amide bonds. The summed E-state index contributed by atoms with van der Waals surface area (Å²) in [5, 5.41) is 0. The summed E-state index contributed by atoms with van der Waals surface area (Å²) in [7, 11) is 0. The number of amides is 1. The van der Waals surface area contributed by atoms with Crippen molar-refractivity contribution in [3.05, 3.63) is 0 Å². The van der Waals surface area contributed by atoms with Crippen molar-refractivity contribution >= 4 is 5.91 Å². The molecule has 1 saturated heterocycles. The van der Waals surface area contributed by atoms with Crippen LogP contribution < -0.4 is 5.73 Å². The van der Waals surface area contributed by atoms with Gasteiger partial charge in [0.15, 0.2) is 0 Å². The Morgan fingerprint density at radius 3 is 2.29 bits per heavy atom. The molecule has 0 aromatic heterocycles. The average molecular weight is 200 g/mol. The fourth-order valence-corrected chi connectivity index (χ4v) is 1.88. The van der Waals surface area contributed by atoms with E-state index >= 15 is 0 Å². The molecule has 1 unspecified atom stereocenters. The van der Waals surface area contributed by atoms with E-state index in [4.69, 9.17) is 5.73 Å². The number of carbonyl (C=O) groups is 1. The van der Waals surface area contributed by atoms with E-state index in [-0.39, 0.29) is 11.9 Å². The minimum absolute atomic E-state index is 0.0150. The molecule has 0 spiro atoms. The molecule has 0 aromatic rings. The number of nitrogens with two attached hydrogens (primary N) is 1. The summed E-state index contributed by atoms with van der Waals surface area (Å²) in [5.74, 6) is -0.164. The molecule has 0 radical (unpaired) electrons. The normalized spacial score (nSPS) is 22.8. The molecule has 0 aliphatic carbocycles. The Hall–Kier alpha value is -0.570. The molecule has 1 aliphatic rings. The number of piperidine rings is 1. The number of primary amides is 1. The van der Waals surface area contributed by atoms with Crippen molar-refractivity contribution in [3.63, 3.8) is 0 Å². The second kappa shape index (κ2) is 6.82. The Balaban J connectivity index is 0.000000791. The molecule has 84 valence electrons. The molecule has 1 rings (SSSR count). The third-order valence-corrected chi connectivity index (χ3v) is 2.54. The Morgan fingerprint density at radius 1 is 1.36 bits per heavy atom. The summed E-state index contributed by atoms with van der Waals surface area (Å²) in [5.41, 5.74) is 5.31. The first-order valence-electron chi connectivity index (χ1n) is 5.68. The van der Waals surface area contributed by atoms with Gasteiger partial charge in [-0.3, -0.25) is 9.69 Å². The summed E-state index contributed by atoms with van der Waals surface area (Å²) >= 11 is 0. The van der Waals surface area contributed by atoms with Crippen LogP contribution in [0.2, 0.25) is 0 Å². The van der Waals surface area contributed by atoms with E-state index in [2.05, 4.69) is 18.7 Å². The fourth-order valence-electron chi connectivity index (χ4n) is 1.88. The Morgan fingerprint density at radius 2 is 1.93 bits per heavy atom. The summed E-state index contributed by atoms with van der Waals surface area (Å²) in [6.07, 6.45) is 3.27. The molecule has 1 aliphatic heterocycles. The van der Waals surface area contributed by atoms with Crippen molar-refractivity contribution in [3.8, 4) is 0 Å². The van der Waals surface area contributed by atoms with Gasteiger partial charge in [-0.05, 0) is 33.2 Å². The fraction of sp³-hybridized carbons (Fsp3) is 0.909. The first-order valence-corrected chi connectivity index (χ1v) is 5.68. The molecule has 0 bridgehead atoms. The molecular weight excluding hydrogens is 176 g/mol. The molecule has 0 aromatic carbocycles. The van der Waals surface area contributed by atoms with Gasteiger partial charge < -0.3 is 5.73 Å². The van der Waals surface area contributed by atoms with Crippen molar-refractivity contribution < 1.29 is 4.79 Å². The van der Waals surface area contributed by atoms with Gasteiger partial charge in [-0.2, -0.15) is 0 Å². The number of likely N-dealkylation sites (tertiary alicyclic amines) is 1. The quantitative estimate of drug-likeness (QED) is 0.738. The van der Waals surface area contributed by atoms with Crippen molar-refractivity contribution in [2.75, 3.05) is 6.54 Å². The van der Waals surface area contributed by atoms with Gasteiger partial charge in [0.25, 0.3) is 0 Å². The molecule has 3 heteroatoms. The lowest BCUT2D eigenvalue weighted by atomic mass is 10.00. The van der Waals surface area contributed by atoms with Gasteiger partial charge in [0.2, 0.25) is 5.91 Å². The maximum absolute atomic E-state index is 11.0. The maximum Gasteiger partial charge on any atom is 0.234 e. The molecular formula is C11H24N2O. The predicted molar refractivity (Wildman–Crippen MR) is 60.0 cm³/mol. The van der Waals surface area contributed by atoms with Gasteiger partial charge in [-0.1, -0.05) is 20.3 Å². The minimum atomic E-state index is -0.164. The lowest BCUT2D eigenvalue weighted by Gasteiger charge is -2.36. The van der Waals surface area contributed by atoms with Gasteiger partial charge in [-0.25, -0.2) is 0 Å². The number of nitrogens with zero attached hydrogens (tertiary/aromatic N) is 1. The van der Waals surface area contributed by atoms with Crippen molar-refractivity contribution in [1.82, 2.24) is 4.90 Å². The van der Waals surface area contributed by atoms with Crippen LogP contribution in [0.15, 0.2) is 0 Å². The van der Waals surface area contributed by atoms with Crippen LogP contribution in [0.25, 0.3) is 0 Å². The lowest BCUT2D eigenvalue weighted by Crippen LogP contribution is -2.50. The van der Waals surface area contributed by atoms with E-state index < -0.39 is 0 Å². The third kappa shape index (κ3) is 3.66. The highest BCUT2D eigenvalue weighted by atomic mass is 16.1. The van der Waals surface area contributed by atoms with E-state index in [1.165, 1.54) is 6.42 Å². The van der Waals surface area contributed by atoms with Crippen LogP contribution in [0, 0.1) is 0 Å². The summed E-state index contributed by atoms with van der Waals surface area (Å²) in [4.78, 5) is 13.2. The second-order valence-electron chi connectivity index (χ2n) is 3.75. The number of carbonyl (C=O) groups excluding carboxylic acids is 1. The Bertz CT molecular complexity index is 169. The smallest absolute Gasteiger partial charge is 0.234 e. The molecule has 1 atom stereocenters. The van der Waals surface area contributed by atoms with Crippen LogP contribution in [-0.2, 0) is 4.79 Å². The van der Waals surface area contributed by atoms with Crippen molar-refractivity contribution in [2.45, 2.75) is 59.0 Å². The van der Waals surface area contributed by atoms with Crippen LogP contribution in [0.5, 0.6) is 0 Å². The molecule has 0 saturated carbocycles. The van der Waals surface area contributed by atoms with Crippen LogP contribution in [0.3, 0.4) is 0 Å². The lowest BCUT2D eigenvalue weighted by molar-refractivity contribution is -0.125. The predicted octanol–water partition coefficient (Wildman–Crippen LogP) is 1.76. The first-order chi connectivity index (χ1) is 6.63. The highest BCUT2D eigenvalue weighted by molar-refractivity contribution is 5.79. The standard InChI is InChI=1S/C9H18N2O.C2H6/c1-7(2)11-6-4-3-5-8(11)9(10)12;1-2/h7-8H,3-6H2,1-2H3,(H2,10,12);1-2H3. The third-order valence-electron chi connectivity index (χ3n) is 2.54. The largest absolute Gasteiger partial charge is 0.368 e. The summed E-state index contributed by atoms with van der Waals surface area (Å²) < 4.78 is 0. The van der Waals surface area contributed by atoms with E-state index in [1.54, 1.807) is 0 Å². The van der Waals surface area contributed by atoms with E-state index in [9.17, 15) is 4.79 Å². The van der Waals surface area contributed by atoms with Gasteiger partial charge in [-0.15, -0.1) is 0 Å². The number of hydrogen-bond acceptors (Lipinski definition) is 2. The summed E-state index contributed by atoms with van der Waals surface area (Å²) in [6.45, 7) is 9.24. The average Bonchev–Trinajstić information content (AvgIpc) is 2.20. The SMILES string of the molecule is CC.CC(C)N1CCCCC1C(N)=O. The van der Waals surface area contributed by atoms with Crippen LogP contribution in [0.1, 0.15) is 47.0 Å². The second-order valence-corrected chi connectivity index (χ2v) is 3.75. The Kier molecular flexibility index (Phi) is 6.54. The van der Waals surface area contributed by atoms with E-state index in [1.807, 2.05) is 13.8 Å². The van der Waals surface area contributed by atoms with Crippen LogP contribution >= 0.6 is 0 Å². The zero-order chi connectivity index (χ0) is 11.1. The van der Waals surface area contributed by atoms with E-state index in [0.29, 0.717) is 6.04 Å². The maximum atomic E-state index is 11.0. The molecule has 3 nitrogen and oxygen atoms in total. The molecule has 14 heavy (non-hydrogen) atoms. The van der Waals surface area contributed by atoms with Crippen molar-refractivity contribution in [2.24, 2.45) is 5.73 Å². The highest BCUT2D eigenvalue weighted by Crippen LogP contribution is 2.18. The van der Waals surface area contributed by atoms with Gasteiger partial charge in [0.1, 0.15) is 0 Å². The van der Waals surface area contributed by atoms with Gasteiger partial charge in [0.05, 0.1) is 6.04 Å². The first kappa shape index (κ1) is 13.4. The van der Waals surface area contributed by atoms with Crippen molar-refractivity contribution in [1.29, 1.82) is 0 Å². The van der Waals surface area contributed by atoms with Crippen LogP contribution in [0.4, 0.5) is 0 Å². The zero-order valence-electron chi connectivity index (χ0n) is 9.92. The molecule has 2 N–H and O–H groups in total.